The van der Waals surface area contributed by atoms with Crippen LogP contribution in [0.1, 0.15) is 30.1 Å². The molecule has 0 saturated carbocycles. The van der Waals surface area contributed by atoms with Gasteiger partial charge in [-0.25, -0.2) is 0 Å². The molecule has 3 N–H and O–H groups in total. The average Bonchev–Trinajstić information content (AvgIpc) is 2.49. The number of benzene rings is 1. The topological polar surface area (TPSA) is 78.4 Å². The van der Waals surface area contributed by atoms with Crippen molar-refractivity contribution in [3.05, 3.63) is 34.9 Å². The standard InChI is InChI=1S/C15H21ClN2O3/c1-2-11(7-8-19)9-17-14(20)10-18-15(21)12-3-5-13(16)6-4-12/h3-6,11,19H,2,7-10H2,1H3,(H,17,20)(H,18,21). The van der Waals surface area contributed by atoms with Gasteiger partial charge >= 0.3 is 0 Å². The predicted octanol–water partition coefficient (Wildman–Crippen LogP) is 1.59. The lowest BCUT2D eigenvalue weighted by molar-refractivity contribution is -0.120. The summed E-state index contributed by atoms with van der Waals surface area (Å²) in [5.74, 6) is -0.302. The monoisotopic (exact) mass is 312 g/mol. The van der Waals surface area contributed by atoms with E-state index >= 15 is 0 Å². The molecule has 2 amide bonds. The van der Waals surface area contributed by atoms with Crippen LogP contribution >= 0.6 is 11.6 Å². The molecule has 5 nitrogen and oxygen atoms in total. The summed E-state index contributed by atoms with van der Waals surface area (Å²) in [6.07, 6.45) is 1.55. The summed E-state index contributed by atoms with van der Waals surface area (Å²) < 4.78 is 0. The third-order valence-corrected chi connectivity index (χ3v) is 3.47. The molecule has 0 radical (unpaired) electrons. The summed E-state index contributed by atoms with van der Waals surface area (Å²) in [6, 6.07) is 6.45. The molecule has 0 heterocycles. The minimum atomic E-state index is -0.316. The molecule has 0 aromatic heterocycles. The summed E-state index contributed by atoms with van der Waals surface area (Å²) in [7, 11) is 0. The Hall–Kier alpha value is -1.59. The van der Waals surface area contributed by atoms with E-state index in [1.807, 2.05) is 6.92 Å². The Morgan fingerprint density at radius 2 is 1.90 bits per heavy atom. The van der Waals surface area contributed by atoms with Crippen LogP contribution in [0.2, 0.25) is 5.02 Å². The molecule has 21 heavy (non-hydrogen) atoms. The van der Waals surface area contributed by atoms with Crippen molar-refractivity contribution in [2.75, 3.05) is 19.7 Å². The molecule has 1 aromatic carbocycles. The van der Waals surface area contributed by atoms with E-state index in [2.05, 4.69) is 10.6 Å². The molecule has 0 aliphatic rings. The summed E-state index contributed by atoms with van der Waals surface area (Å²) in [4.78, 5) is 23.4. The molecule has 0 aliphatic heterocycles. The lowest BCUT2D eigenvalue weighted by Crippen LogP contribution is -2.39. The molecule has 6 heteroatoms. The van der Waals surface area contributed by atoms with Crippen LogP contribution in [0.3, 0.4) is 0 Å². The highest BCUT2D eigenvalue weighted by Crippen LogP contribution is 2.09. The number of halogens is 1. The van der Waals surface area contributed by atoms with Gasteiger partial charge in [0.2, 0.25) is 5.91 Å². The third kappa shape index (κ3) is 6.60. The van der Waals surface area contributed by atoms with Crippen LogP contribution in [-0.4, -0.2) is 36.6 Å². The number of hydrogen-bond acceptors (Lipinski definition) is 3. The first-order chi connectivity index (χ1) is 10.1. The molecule has 0 saturated heterocycles. The van der Waals surface area contributed by atoms with Crippen molar-refractivity contribution in [2.24, 2.45) is 5.92 Å². The van der Waals surface area contributed by atoms with Crippen molar-refractivity contribution in [1.82, 2.24) is 10.6 Å². The molecule has 1 aromatic rings. The van der Waals surface area contributed by atoms with E-state index in [9.17, 15) is 9.59 Å². The molecule has 1 rings (SSSR count). The number of aliphatic hydroxyl groups excluding tert-OH is 1. The average molecular weight is 313 g/mol. The number of aliphatic hydroxyl groups is 1. The van der Waals surface area contributed by atoms with Gasteiger partial charge in [-0.2, -0.15) is 0 Å². The Morgan fingerprint density at radius 3 is 2.48 bits per heavy atom. The number of rotatable bonds is 8. The van der Waals surface area contributed by atoms with Gasteiger partial charge in [0.15, 0.2) is 0 Å². The van der Waals surface area contributed by atoms with Crippen LogP contribution < -0.4 is 10.6 Å². The van der Waals surface area contributed by atoms with Crippen LogP contribution in [0, 0.1) is 5.92 Å². The maximum absolute atomic E-state index is 11.8. The maximum Gasteiger partial charge on any atom is 0.251 e. The van der Waals surface area contributed by atoms with Crippen molar-refractivity contribution in [1.29, 1.82) is 0 Å². The van der Waals surface area contributed by atoms with Crippen LogP contribution in [0.15, 0.2) is 24.3 Å². The zero-order chi connectivity index (χ0) is 15.7. The minimum absolute atomic E-state index is 0.0724. The van der Waals surface area contributed by atoms with E-state index in [-0.39, 0.29) is 30.9 Å². The largest absolute Gasteiger partial charge is 0.396 e. The molecule has 0 bridgehead atoms. The first-order valence-corrected chi connectivity index (χ1v) is 7.36. The van der Waals surface area contributed by atoms with Gasteiger partial charge in [0.1, 0.15) is 0 Å². The fourth-order valence-electron chi connectivity index (χ4n) is 1.82. The normalized spacial score (nSPS) is 11.8. The van der Waals surface area contributed by atoms with Gasteiger partial charge in [0.25, 0.3) is 5.91 Å². The highest BCUT2D eigenvalue weighted by Gasteiger charge is 2.10. The quantitative estimate of drug-likeness (QED) is 0.682. The molecule has 0 aliphatic carbocycles. The fraction of sp³-hybridized carbons (Fsp3) is 0.467. The summed E-state index contributed by atoms with van der Waals surface area (Å²) in [6.45, 7) is 2.56. The zero-order valence-electron chi connectivity index (χ0n) is 12.1. The molecular weight excluding hydrogens is 292 g/mol. The van der Waals surface area contributed by atoms with E-state index in [0.717, 1.165) is 6.42 Å². The Kier molecular flexibility index (Phi) is 7.79. The van der Waals surface area contributed by atoms with Crippen molar-refractivity contribution in [3.63, 3.8) is 0 Å². The van der Waals surface area contributed by atoms with Crippen LogP contribution in [0.5, 0.6) is 0 Å². The molecule has 1 unspecified atom stereocenters. The molecule has 116 valence electrons. The molecular formula is C15H21ClN2O3. The SMILES string of the molecule is CCC(CCO)CNC(=O)CNC(=O)c1ccc(Cl)cc1. The highest BCUT2D eigenvalue weighted by atomic mass is 35.5. The number of amides is 2. The number of carbonyl (C=O) groups excluding carboxylic acids is 2. The van der Waals surface area contributed by atoms with E-state index < -0.39 is 0 Å². The van der Waals surface area contributed by atoms with Crippen LogP contribution in [-0.2, 0) is 4.79 Å². The second kappa shape index (κ2) is 9.37. The van der Waals surface area contributed by atoms with Gasteiger partial charge in [-0.15, -0.1) is 0 Å². The smallest absolute Gasteiger partial charge is 0.251 e. The second-order valence-corrected chi connectivity index (χ2v) is 5.22. The summed E-state index contributed by atoms with van der Waals surface area (Å²) in [5.41, 5.74) is 0.457. The molecule has 0 spiro atoms. The first kappa shape index (κ1) is 17.5. The number of carbonyl (C=O) groups is 2. The molecule has 1 atom stereocenters. The van der Waals surface area contributed by atoms with Crippen LogP contribution in [0.4, 0.5) is 0 Å². The lowest BCUT2D eigenvalue weighted by atomic mass is 10.0. The van der Waals surface area contributed by atoms with Crippen molar-refractivity contribution in [3.8, 4) is 0 Å². The van der Waals surface area contributed by atoms with Crippen molar-refractivity contribution < 1.29 is 14.7 Å². The van der Waals surface area contributed by atoms with Gasteiger partial charge in [-0.05, 0) is 36.6 Å². The Bertz CT molecular complexity index is 462. The Morgan fingerprint density at radius 1 is 1.24 bits per heavy atom. The van der Waals surface area contributed by atoms with E-state index in [1.54, 1.807) is 24.3 Å². The van der Waals surface area contributed by atoms with E-state index in [0.29, 0.717) is 23.6 Å². The van der Waals surface area contributed by atoms with Crippen molar-refractivity contribution >= 4 is 23.4 Å². The predicted molar refractivity (Wildman–Crippen MR) is 82.3 cm³/mol. The van der Waals surface area contributed by atoms with E-state index in [1.165, 1.54) is 0 Å². The van der Waals surface area contributed by atoms with Crippen LogP contribution in [0.25, 0.3) is 0 Å². The fourth-order valence-corrected chi connectivity index (χ4v) is 1.94. The van der Waals surface area contributed by atoms with Gasteiger partial charge in [-0.3, -0.25) is 9.59 Å². The highest BCUT2D eigenvalue weighted by molar-refractivity contribution is 6.30. The third-order valence-electron chi connectivity index (χ3n) is 3.22. The summed E-state index contributed by atoms with van der Waals surface area (Å²) >= 11 is 5.74. The Balaban J connectivity index is 2.32. The number of nitrogens with one attached hydrogen (secondary N) is 2. The first-order valence-electron chi connectivity index (χ1n) is 6.98. The minimum Gasteiger partial charge on any atom is -0.396 e. The van der Waals surface area contributed by atoms with E-state index in [4.69, 9.17) is 16.7 Å². The van der Waals surface area contributed by atoms with Gasteiger partial charge in [-0.1, -0.05) is 24.9 Å². The lowest BCUT2D eigenvalue weighted by Gasteiger charge is -2.14. The maximum atomic E-state index is 11.8. The summed E-state index contributed by atoms with van der Waals surface area (Å²) in [5, 5.41) is 14.7. The second-order valence-electron chi connectivity index (χ2n) is 4.78. The van der Waals surface area contributed by atoms with Gasteiger partial charge in [0, 0.05) is 23.7 Å². The number of hydrogen-bond donors (Lipinski definition) is 3. The Labute approximate surface area is 129 Å². The molecule has 0 fully saturated rings. The zero-order valence-corrected chi connectivity index (χ0v) is 12.8. The van der Waals surface area contributed by atoms with Crippen molar-refractivity contribution in [2.45, 2.75) is 19.8 Å². The van der Waals surface area contributed by atoms with Gasteiger partial charge in [0.05, 0.1) is 6.54 Å². The van der Waals surface area contributed by atoms with Gasteiger partial charge < -0.3 is 15.7 Å².